The number of aliphatic carboxylic acids is 1. The summed E-state index contributed by atoms with van der Waals surface area (Å²) >= 11 is 0. The number of carboxylic acids is 1. The van der Waals surface area contributed by atoms with Crippen molar-refractivity contribution in [3.63, 3.8) is 0 Å². The first-order valence-corrected chi connectivity index (χ1v) is 5.89. The zero-order valence-electron chi connectivity index (χ0n) is 11.6. The SMILES string of the molecule is CC(C)OC(=O)OCO/N=[N+](\[O-])N(C)CCCC(=O)O. The van der Waals surface area contributed by atoms with Crippen LogP contribution in [0.3, 0.4) is 0 Å². The summed E-state index contributed by atoms with van der Waals surface area (Å²) < 4.78 is 9.10. The lowest BCUT2D eigenvalue weighted by molar-refractivity contribution is -0.706. The van der Waals surface area contributed by atoms with Gasteiger partial charge < -0.3 is 24.6 Å². The fraction of sp³-hybridized carbons (Fsp3) is 0.800. The number of rotatable bonds is 9. The molecule has 0 aliphatic heterocycles. The number of ether oxygens (including phenoxy) is 2. The van der Waals surface area contributed by atoms with Crippen LogP contribution in [0.1, 0.15) is 26.7 Å². The molecular weight excluding hydrogens is 274 g/mol. The summed E-state index contributed by atoms with van der Waals surface area (Å²) in [5.41, 5.74) is 0. The number of hydrogen-bond acceptors (Lipinski definition) is 7. The normalized spacial score (nSPS) is 11.1. The van der Waals surface area contributed by atoms with Crippen LogP contribution in [0.15, 0.2) is 5.28 Å². The summed E-state index contributed by atoms with van der Waals surface area (Å²) in [6.07, 6.45) is -1.01. The Bertz CT molecular complexity index is 346. The van der Waals surface area contributed by atoms with Gasteiger partial charge in [-0.2, -0.15) is 0 Å². The minimum atomic E-state index is -0.943. The lowest BCUT2D eigenvalue weighted by Gasteiger charge is -2.12. The van der Waals surface area contributed by atoms with Crippen molar-refractivity contribution in [2.45, 2.75) is 32.8 Å². The van der Waals surface area contributed by atoms with E-state index in [1.165, 1.54) is 7.05 Å². The highest BCUT2D eigenvalue weighted by Gasteiger charge is 2.09. The number of carbonyl (C=O) groups excluding carboxylic acids is 1. The summed E-state index contributed by atoms with van der Waals surface area (Å²) in [4.78, 5) is 25.8. The van der Waals surface area contributed by atoms with Crippen molar-refractivity contribution in [3.05, 3.63) is 5.21 Å². The van der Waals surface area contributed by atoms with Crippen LogP contribution in [-0.2, 0) is 19.1 Å². The van der Waals surface area contributed by atoms with E-state index in [-0.39, 0.29) is 30.5 Å². The lowest BCUT2D eigenvalue weighted by atomic mass is 10.3. The minimum Gasteiger partial charge on any atom is -0.569 e. The van der Waals surface area contributed by atoms with Gasteiger partial charge in [-0.15, -0.1) is 5.01 Å². The third-order valence-corrected chi connectivity index (χ3v) is 1.85. The van der Waals surface area contributed by atoms with E-state index in [9.17, 15) is 14.8 Å². The van der Waals surface area contributed by atoms with E-state index in [1.54, 1.807) is 13.8 Å². The van der Waals surface area contributed by atoms with Crippen molar-refractivity contribution in [2.24, 2.45) is 5.28 Å². The Balaban J connectivity index is 3.83. The zero-order chi connectivity index (χ0) is 15.5. The van der Waals surface area contributed by atoms with Crippen LogP contribution in [0.25, 0.3) is 0 Å². The number of carbonyl (C=O) groups is 2. The Labute approximate surface area is 116 Å². The first-order chi connectivity index (χ1) is 9.32. The molecule has 0 aliphatic carbocycles. The number of nitrogens with zero attached hydrogens (tertiary/aromatic N) is 3. The predicted molar refractivity (Wildman–Crippen MR) is 64.2 cm³/mol. The average molecular weight is 293 g/mol. The summed E-state index contributed by atoms with van der Waals surface area (Å²) in [7, 11) is 1.41. The van der Waals surface area contributed by atoms with Gasteiger partial charge in [0.25, 0.3) is 6.79 Å². The minimum absolute atomic E-state index is 0.0524. The van der Waals surface area contributed by atoms with Gasteiger partial charge in [-0.25, -0.2) is 4.79 Å². The van der Waals surface area contributed by atoms with Gasteiger partial charge in [0, 0.05) is 6.42 Å². The summed E-state index contributed by atoms with van der Waals surface area (Å²) in [6.45, 7) is 2.93. The smallest absolute Gasteiger partial charge is 0.511 e. The van der Waals surface area contributed by atoms with E-state index in [0.29, 0.717) is 0 Å². The molecule has 20 heavy (non-hydrogen) atoms. The molecule has 0 heterocycles. The molecule has 0 fully saturated rings. The first-order valence-electron chi connectivity index (χ1n) is 5.89. The maximum Gasteiger partial charge on any atom is 0.511 e. The van der Waals surface area contributed by atoms with Crippen LogP contribution >= 0.6 is 0 Å². The highest BCUT2D eigenvalue weighted by molar-refractivity contribution is 5.66. The fourth-order valence-corrected chi connectivity index (χ4v) is 0.981. The molecule has 116 valence electrons. The van der Waals surface area contributed by atoms with Crippen LogP contribution in [0.5, 0.6) is 0 Å². The largest absolute Gasteiger partial charge is 0.569 e. The third kappa shape index (κ3) is 9.74. The average Bonchev–Trinajstić information content (AvgIpc) is 2.32. The van der Waals surface area contributed by atoms with Gasteiger partial charge in [-0.05, 0) is 20.3 Å². The van der Waals surface area contributed by atoms with E-state index >= 15 is 0 Å². The highest BCUT2D eigenvalue weighted by Crippen LogP contribution is 1.96. The molecule has 10 nitrogen and oxygen atoms in total. The molecule has 0 unspecified atom stereocenters. The second-order valence-corrected chi connectivity index (χ2v) is 4.02. The topological polar surface area (TPSA) is 124 Å². The Morgan fingerprint density at radius 1 is 1.45 bits per heavy atom. The van der Waals surface area contributed by atoms with Gasteiger partial charge in [0.1, 0.15) is 0 Å². The van der Waals surface area contributed by atoms with Gasteiger partial charge in [-0.1, -0.05) is 0 Å². The summed E-state index contributed by atoms with van der Waals surface area (Å²) in [6, 6.07) is 0. The summed E-state index contributed by atoms with van der Waals surface area (Å²) in [5, 5.41) is 23.9. The third-order valence-electron chi connectivity index (χ3n) is 1.85. The van der Waals surface area contributed by atoms with E-state index in [0.717, 1.165) is 5.01 Å². The lowest BCUT2D eigenvalue weighted by Crippen LogP contribution is -2.28. The Morgan fingerprint density at radius 2 is 2.10 bits per heavy atom. The standard InChI is InChI=1S/C10H19N3O7/c1-8(2)20-10(16)18-7-19-11-13(17)12(3)6-4-5-9(14)15/h8H,4-7H2,1-3H3,(H,14,15)/b13-11-. The number of carboxylic acid groups (broad SMARTS) is 1. The van der Waals surface area contributed by atoms with Crippen molar-refractivity contribution in [1.29, 1.82) is 0 Å². The van der Waals surface area contributed by atoms with Gasteiger partial charge in [0.15, 0.2) is 0 Å². The van der Waals surface area contributed by atoms with Gasteiger partial charge in [0.05, 0.1) is 24.7 Å². The Kier molecular flexibility index (Phi) is 8.55. The van der Waals surface area contributed by atoms with Crippen LogP contribution in [0, 0.1) is 5.21 Å². The maximum absolute atomic E-state index is 11.3. The van der Waals surface area contributed by atoms with Crippen LogP contribution in [0.2, 0.25) is 0 Å². The Hall–Kier alpha value is -2.26. The molecule has 0 radical (unpaired) electrons. The molecule has 0 amide bonds. The molecule has 0 aliphatic rings. The molecule has 1 N–H and O–H groups in total. The molecule has 10 heteroatoms. The van der Waals surface area contributed by atoms with Crippen LogP contribution in [-0.4, -0.2) is 53.7 Å². The van der Waals surface area contributed by atoms with Crippen molar-refractivity contribution in [2.75, 3.05) is 20.4 Å². The zero-order valence-corrected chi connectivity index (χ0v) is 11.6. The van der Waals surface area contributed by atoms with E-state index in [4.69, 9.17) is 5.11 Å². The molecule has 0 aromatic rings. The molecule has 0 rings (SSSR count). The highest BCUT2D eigenvalue weighted by atomic mass is 16.8. The second kappa shape index (κ2) is 9.64. The molecule has 0 atom stereocenters. The fourth-order valence-electron chi connectivity index (χ4n) is 0.981. The van der Waals surface area contributed by atoms with Gasteiger partial charge in [-0.3, -0.25) is 4.79 Å². The second-order valence-electron chi connectivity index (χ2n) is 4.02. The number of hydrogen-bond donors (Lipinski definition) is 1. The molecule has 0 bridgehead atoms. The number of hydrazine groups is 1. The van der Waals surface area contributed by atoms with E-state index < -0.39 is 18.9 Å². The maximum atomic E-state index is 11.3. The molecule has 0 saturated heterocycles. The monoisotopic (exact) mass is 293 g/mol. The van der Waals surface area contributed by atoms with Gasteiger partial charge >= 0.3 is 12.1 Å². The molecular formula is C10H19N3O7. The summed E-state index contributed by atoms with van der Waals surface area (Å²) in [5.74, 6) is -0.943. The van der Waals surface area contributed by atoms with Crippen LogP contribution < -0.4 is 0 Å². The predicted octanol–water partition coefficient (Wildman–Crippen LogP) is 1.11. The van der Waals surface area contributed by atoms with Crippen molar-refractivity contribution in [3.8, 4) is 0 Å². The Morgan fingerprint density at radius 3 is 2.65 bits per heavy atom. The van der Waals surface area contributed by atoms with Crippen molar-refractivity contribution in [1.82, 2.24) is 5.01 Å². The first kappa shape index (κ1) is 17.7. The molecule has 0 aromatic carbocycles. The molecule has 0 spiro atoms. The van der Waals surface area contributed by atoms with Crippen molar-refractivity contribution < 1.29 is 34.0 Å². The molecule has 0 saturated carbocycles. The van der Waals surface area contributed by atoms with Crippen molar-refractivity contribution >= 4 is 12.1 Å². The van der Waals surface area contributed by atoms with E-state index in [1.807, 2.05) is 0 Å². The molecule has 0 aromatic heterocycles. The van der Waals surface area contributed by atoms with E-state index in [2.05, 4.69) is 19.6 Å². The van der Waals surface area contributed by atoms with Crippen LogP contribution in [0.4, 0.5) is 4.79 Å². The quantitative estimate of drug-likeness (QED) is 0.167. The van der Waals surface area contributed by atoms with Gasteiger partial charge in [0.2, 0.25) is 5.28 Å².